The van der Waals surface area contributed by atoms with Crippen molar-refractivity contribution < 1.29 is 22.7 Å². The lowest BCUT2D eigenvalue weighted by Gasteiger charge is -2.15. The van der Waals surface area contributed by atoms with Crippen LogP contribution in [0.15, 0.2) is 65.6 Å². The molecule has 0 unspecified atom stereocenters. The average molecular weight is 471 g/mol. The van der Waals surface area contributed by atoms with Crippen molar-refractivity contribution in [1.82, 2.24) is 4.31 Å². The number of ether oxygens (including phenoxy) is 1. The number of thiophene rings is 1. The molecule has 0 spiro atoms. The van der Waals surface area contributed by atoms with E-state index in [1.54, 1.807) is 6.07 Å². The van der Waals surface area contributed by atoms with Crippen molar-refractivity contribution in [1.29, 1.82) is 0 Å². The zero-order valence-electron chi connectivity index (χ0n) is 17.4. The molecule has 32 heavy (non-hydrogen) atoms. The first kappa shape index (κ1) is 22.2. The molecule has 2 aromatic carbocycles. The van der Waals surface area contributed by atoms with E-state index < -0.39 is 21.9 Å². The van der Waals surface area contributed by atoms with Crippen LogP contribution in [0.2, 0.25) is 0 Å². The van der Waals surface area contributed by atoms with Crippen LogP contribution in [0.1, 0.15) is 32.9 Å². The monoisotopic (exact) mass is 470 g/mol. The lowest BCUT2D eigenvalue weighted by atomic mass is 10.2. The number of nitrogens with one attached hydrogen (secondary N) is 1. The van der Waals surface area contributed by atoms with Gasteiger partial charge in [-0.15, -0.1) is 11.3 Å². The van der Waals surface area contributed by atoms with Gasteiger partial charge in [0, 0.05) is 23.5 Å². The van der Waals surface area contributed by atoms with E-state index in [0.717, 1.165) is 23.3 Å². The van der Waals surface area contributed by atoms with Gasteiger partial charge in [0.05, 0.1) is 17.7 Å². The number of sulfonamides is 1. The third-order valence-electron chi connectivity index (χ3n) is 5.23. The number of hydrogen-bond acceptors (Lipinski definition) is 6. The van der Waals surface area contributed by atoms with Crippen LogP contribution in [0.25, 0.3) is 10.4 Å². The summed E-state index contributed by atoms with van der Waals surface area (Å²) >= 11 is 1.23. The second kappa shape index (κ2) is 9.23. The summed E-state index contributed by atoms with van der Waals surface area (Å²) in [7, 11) is -2.26. The van der Waals surface area contributed by atoms with Crippen molar-refractivity contribution in [2.24, 2.45) is 0 Å². The smallest absolute Gasteiger partial charge is 0.350 e. The van der Waals surface area contributed by atoms with Crippen molar-refractivity contribution in [3.63, 3.8) is 0 Å². The zero-order valence-corrected chi connectivity index (χ0v) is 19.0. The SMILES string of the molecule is COC(=O)c1sc(-c2ccccc2)cc1NC(=O)c1ccc(S(=O)(=O)N2CCCC2)cc1. The second-order valence-electron chi connectivity index (χ2n) is 7.30. The van der Waals surface area contributed by atoms with Crippen LogP contribution < -0.4 is 5.32 Å². The normalized spacial score (nSPS) is 14.3. The molecule has 0 aliphatic carbocycles. The van der Waals surface area contributed by atoms with E-state index in [1.807, 2.05) is 30.3 Å². The summed E-state index contributed by atoms with van der Waals surface area (Å²) in [5.74, 6) is -0.989. The molecule has 4 rings (SSSR count). The van der Waals surface area contributed by atoms with Gasteiger partial charge in [0.2, 0.25) is 10.0 Å². The minimum absolute atomic E-state index is 0.160. The molecular formula is C23H22N2O5S2. The predicted molar refractivity (Wildman–Crippen MR) is 123 cm³/mol. The summed E-state index contributed by atoms with van der Waals surface area (Å²) in [6.07, 6.45) is 1.71. The van der Waals surface area contributed by atoms with Crippen LogP contribution in [0.5, 0.6) is 0 Å². The fourth-order valence-electron chi connectivity index (χ4n) is 3.52. The third kappa shape index (κ3) is 4.45. The maximum absolute atomic E-state index is 12.8. The first-order valence-corrected chi connectivity index (χ1v) is 12.3. The molecule has 0 bridgehead atoms. The Bertz CT molecular complexity index is 1230. The van der Waals surface area contributed by atoms with Gasteiger partial charge >= 0.3 is 5.97 Å². The predicted octanol–water partition coefficient (Wildman–Crippen LogP) is 4.24. The van der Waals surface area contributed by atoms with Gasteiger partial charge in [0.15, 0.2) is 0 Å². The fraction of sp³-hybridized carbons (Fsp3) is 0.217. The molecule has 1 aliphatic rings. The number of methoxy groups -OCH3 is 1. The summed E-state index contributed by atoms with van der Waals surface area (Å²) < 4.78 is 31.7. The molecule has 2 heterocycles. The molecule has 0 radical (unpaired) electrons. The van der Waals surface area contributed by atoms with Gasteiger partial charge in [-0.2, -0.15) is 4.31 Å². The number of benzene rings is 2. The first-order valence-electron chi connectivity index (χ1n) is 10.1. The Balaban J connectivity index is 1.57. The minimum Gasteiger partial charge on any atom is -0.465 e. The van der Waals surface area contributed by atoms with Gasteiger partial charge in [-0.1, -0.05) is 30.3 Å². The Hall–Kier alpha value is -3.01. The van der Waals surface area contributed by atoms with Crippen LogP contribution >= 0.6 is 11.3 Å². The summed E-state index contributed by atoms with van der Waals surface area (Å²) in [6, 6.07) is 17.1. The number of amides is 1. The molecule has 1 aliphatic heterocycles. The molecular weight excluding hydrogens is 448 g/mol. The number of esters is 1. The Labute approximate surface area is 190 Å². The first-order chi connectivity index (χ1) is 15.4. The van der Waals surface area contributed by atoms with Crippen molar-refractivity contribution in [2.75, 3.05) is 25.5 Å². The molecule has 1 fully saturated rings. The Morgan fingerprint density at radius 2 is 1.66 bits per heavy atom. The van der Waals surface area contributed by atoms with Gasteiger partial charge in [-0.25, -0.2) is 13.2 Å². The van der Waals surface area contributed by atoms with Crippen LogP contribution in [-0.4, -0.2) is 44.8 Å². The quantitative estimate of drug-likeness (QED) is 0.544. The minimum atomic E-state index is -3.55. The summed E-state index contributed by atoms with van der Waals surface area (Å²) in [4.78, 5) is 26.3. The number of carbonyl (C=O) groups excluding carboxylic acids is 2. The Kier molecular flexibility index (Phi) is 6.40. The molecule has 1 saturated heterocycles. The number of hydrogen-bond donors (Lipinski definition) is 1. The number of anilines is 1. The largest absolute Gasteiger partial charge is 0.465 e. The van der Waals surface area contributed by atoms with Gasteiger partial charge in [-0.05, 0) is 48.7 Å². The van der Waals surface area contributed by atoms with E-state index in [1.165, 1.54) is 47.0 Å². The maximum Gasteiger partial charge on any atom is 0.350 e. The summed E-state index contributed by atoms with van der Waals surface area (Å²) in [5, 5.41) is 2.76. The lowest BCUT2D eigenvalue weighted by molar-refractivity contribution is 0.0607. The van der Waals surface area contributed by atoms with Crippen molar-refractivity contribution in [2.45, 2.75) is 17.7 Å². The molecule has 7 nitrogen and oxygen atoms in total. The van der Waals surface area contributed by atoms with E-state index in [2.05, 4.69) is 5.32 Å². The highest BCUT2D eigenvalue weighted by molar-refractivity contribution is 7.89. The van der Waals surface area contributed by atoms with E-state index in [0.29, 0.717) is 18.8 Å². The molecule has 0 atom stereocenters. The van der Waals surface area contributed by atoms with Crippen molar-refractivity contribution in [3.8, 4) is 10.4 Å². The molecule has 0 saturated carbocycles. The van der Waals surface area contributed by atoms with Crippen LogP contribution in [-0.2, 0) is 14.8 Å². The number of carbonyl (C=O) groups is 2. The van der Waals surface area contributed by atoms with Crippen molar-refractivity contribution >= 4 is 38.9 Å². The molecule has 1 aromatic heterocycles. The summed E-state index contributed by atoms with van der Waals surface area (Å²) in [6.45, 7) is 1.03. The van der Waals surface area contributed by atoms with Crippen LogP contribution in [0.3, 0.4) is 0 Å². The molecule has 9 heteroatoms. The highest BCUT2D eigenvalue weighted by Gasteiger charge is 2.27. The van der Waals surface area contributed by atoms with Crippen molar-refractivity contribution in [3.05, 3.63) is 71.1 Å². The van der Waals surface area contributed by atoms with Crippen LogP contribution in [0.4, 0.5) is 5.69 Å². The van der Waals surface area contributed by atoms with Gasteiger partial charge < -0.3 is 10.1 Å². The number of nitrogens with zero attached hydrogens (tertiary/aromatic N) is 1. The van der Waals surface area contributed by atoms with Gasteiger partial charge in [0.1, 0.15) is 4.88 Å². The molecule has 1 amide bonds. The van der Waals surface area contributed by atoms with Gasteiger partial charge in [0.25, 0.3) is 5.91 Å². The highest BCUT2D eigenvalue weighted by atomic mass is 32.2. The fourth-order valence-corrected chi connectivity index (χ4v) is 6.08. The second-order valence-corrected chi connectivity index (χ2v) is 10.3. The standard InChI is InChI=1S/C23H22N2O5S2/c1-30-23(27)21-19(15-20(31-21)16-7-3-2-4-8-16)24-22(26)17-9-11-18(12-10-17)32(28,29)25-13-5-6-14-25/h2-4,7-12,15H,5-6,13-14H2,1H3,(H,24,26). The molecule has 166 valence electrons. The van der Waals surface area contributed by atoms with E-state index in [4.69, 9.17) is 4.74 Å². The zero-order chi connectivity index (χ0) is 22.7. The average Bonchev–Trinajstić information content (AvgIpc) is 3.50. The third-order valence-corrected chi connectivity index (χ3v) is 8.31. The summed E-state index contributed by atoms with van der Waals surface area (Å²) in [5.41, 5.74) is 1.55. The number of rotatable bonds is 6. The van der Waals surface area contributed by atoms with E-state index in [-0.39, 0.29) is 15.3 Å². The Morgan fingerprint density at radius 3 is 2.28 bits per heavy atom. The Morgan fingerprint density at radius 1 is 1.00 bits per heavy atom. The van der Waals surface area contributed by atoms with E-state index >= 15 is 0 Å². The topological polar surface area (TPSA) is 92.8 Å². The molecule has 3 aromatic rings. The molecule has 1 N–H and O–H groups in total. The van der Waals surface area contributed by atoms with Gasteiger partial charge in [-0.3, -0.25) is 4.79 Å². The highest BCUT2D eigenvalue weighted by Crippen LogP contribution is 2.35. The lowest BCUT2D eigenvalue weighted by Crippen LogP contribution is -2.27. The van der Waals surface area contributed by atoms with E-state index in [9.17, 15) is 18.0 Å². The maximum atomic E-state index is 12.8. The van der Waals surface area contributed by atoms with Crippen LogP contribution in [0, 0.1) is 0 Å².